The molecule has 6 heteroatoms. The van der Waals surface area contributed by atoms with Gasteiger partial charge in [-0.3, -0.25) is 4.79 Å². The highest BCUT2D eigenvalue weighted by Crippen LogP contribution is 2.27. The first kappa shape index (κ1) is 16.9. The Labute approximate surface area is 122 Å². The van der Waals surface area contributed by atoms with Crippen LogP contribution in [0.25, 0.3) is 0 Å². The van der Waals surface area contributed by atoms with Crippen LogP contribution in [0.4, 0.5) is 14.5 Å². The highest BCUT2D eigenvalue weighted by atomic mass is 19.1. The van der Waals surface area contributed by atoms with Crippen molar-refractivity contribution in [1.29, 1.82) is 5.26 Å². The number of carboxylic acids is 1. The molecule has 0 atom stereocenters. The van der Waals surface area contributed by atoms with Crippen molar-refractivity contribution in [2.45, 2.75) is 33.1 Å². The summed E-state index contributed by atoms with van der Waals surface area (Å²) < 4.78 is 27.3. The number of hydrogen-bond donors (Lipinski definition) is 2. The van der Waals surface area contributed by atoms with Gasteiger partial charge in [-0.25, -0.2) is 8.78 Å². The molecule has 0 aromatic heterocycles. The Balaban J connectivity index is 2.60. The number of nitrogens with zero attached hydrogens (tertiary/aromatic N) is 1. The Morgan fingerprint density at radius 3 is 2.38 bits per heavy atom. The third kappa shape index (κ3) is 5.38. The summed E-state index contributed by atoms with van der Waals surface area (Å²) in [7, 11) is 0. The minimum absolute atomic E-state index is 0.0621. The van der Waals surface area contributed by atoms with E-state index in [1.165, 1.54) is 0 Å². The predicted octanol–water partition coefficient (Wildman–Crippen LogP) is 3.53. The van der Waals surface area contributed by atoms with Gasteiger partial charge in [0.05, 0.1) is 11.6 Å². The van der Waals surface area contributed by atoms with E-state index in [1.54, 1.807) is 6.07 Å². The number of nitriles is 1. The lowest BCUT2D eigenvalue weighted by atomic mass is 9.84. The topological polar surface area (TPSA) is 73.1 Å². The van der Waals surface area contributed by atoms with Crippen molar-refractivity contribution >= 4 is 11.7 Å². The number of hydrogen-bond acceptors (Lipinski definition) is 3. The molecule has 0 radical (unpaired) electrons. The lowest BCUT2D eigenvalue weighted by Crippen LogP contribution is -2.19. The number of carbonyl (C=O) groups is 1. The summed E-state index contributed by atoms with van der Waals surface area (Å²) in [5.74, 6) is -2.48. The van der Waals surface area contributed by atoms with Gasteiger partial charge in [0.1, 0.15) is 5.69 Å². The van der Waals surface area contributed by atoms with Crippen LogP contribution in [0, 0.1) is 28.4 Å². The quantitative estimate of drug-likeness (QED) is 0.807. The van der Waals surface area contributed by atoms with Gasteiger partial charge in [0.25, 0.3) is 0 Å². The van der Waals surface area contributed by atoms with E-state index in [-0.39, 0.29) is 23.1 Å². The third-order valence-corrected chi connectivity index (χ3v) is 3.29. The molecule has 2 N–H and O–H groups in total. The van der Waals surface area contributed by atoms with Crippen molar-refractivity contribution < 1.29 is 18.7 Å². The molecular weight excluding hydrogens is 278 g/mol. The lowest BCUT2D eigenvalue weighted by Gasteiger charge is -2.24. The summed E-state index contributed by atoms with van der Waals surface area (Å²) in [6.07, 6.45) is 1.12. The number of carboxylic acid groups (broad SMARTS) is 1. The van der Waals surface area contributed by atoms with Gasteiger partial charge < -0.3 is 10.4 Å². The molecular formula is C15H18F2N2O2. The molecule has 0 unspecified atom stereocenters. The standard InChI is InChI=1S/C15H18F2N2O2/c1-15(2,4-3-13(20)21)5-6-19-14-11(16)7-10(9-18)8-12(14)17/h7-8,19H,3-6H2,1-2H3,(H,20,21). The fourth-order valence-corrected chi connectivity index (χ4v) is 1.90. The zero-order valence-corrected chi connectivity index (χ0v) is 12.0. The van der Waals surface area contributed by atoms with Gasteiger partial charge in [0, 0.05) is 13.0 Å². The first-order valence-electron chi connectivity index (χ1n) is 6.60. The zero-order valence-electron chi connectivity index (χ0n) is 12.0. The SMILES string of the molecule is CC(C)(CCNc1c(F)cc(C#N)cc1F)CCC(=O)O. The van der Waals surface area contributed by atoms with E-state index in [2.05, 4.69) is 5.32 Å². The van der Waals surface area contributed by atoms with Crippen molar-refractivity contribution in [2.75, 3.05) is 11.9 Å². The van der Waals surface area contributed by atoms with Crippen LogP contribution in [0.15, 0.2) is 12.1 Å². The average molecular weight is 296 g/mol. The average Bonchev–Trinajstić information content (AvgIpc) is 2.39. The lowest BCUT2D eigenvalue weighted by molar-refractivity contribution is -0.137. The van der Waals surface area contributed by atoms with Crippen molar-refractivity contribution in [2.24, 2.45) is 5.41 Å². The molecule has 0 aliphatic rings. The summed E-state index contributed by atoms with van der Waals surface area (Å²) in [6, 6.07) is 3.63. The molecule has 0 amide bonds. The summed E-state index contributed by atoms with van der Waals surface area (Å²) in [5, 5.41) is 19.9. The van der Waals surface area contributed by atoms with Crippen molar-refractivity contribution in [3.8, 4) is 6.07 Å². The Kier molecular flexibility index (Phi) is 5.65. The summed E-state index contributed by atoms with van der Waals surface area (Å²) in [5.41, 5.74) is -0.578. The molecule has 1 rings (SSSR count). The van der Waals surface area contributed by atoms with Crippen LogP contribution in [0.2, 0.25) is 0 Å². The number of benzene rings is 1. The summed E-state index contributed by atoms with van der Waals surface area (Å²) >= 11 is 0. The van der Waals surface area contributed by atoms with Gasteiger partial charge in [-0.1, -0.05) is 13.8 Å². The van der Waals surface area contributed by atoms with Crippen LogP contribution in [-0.2, 0) is 4.79 Å². The first-order chi connectivity index (χ1) is 9.75. The Bertz CT molecular complexity index is 542. The molecule has 0 aliphatic carbocycles. The molecule has 0 heterocycles. The number of anilines is 1. The van der Waals surface area contributed by atoms with Crippen LogP contribution in [0.1, 0.15) is 38.7 Å². The fraction of sp³-hybridized carbons (Fsp3) is 0.467. The molecule has 1 aromatic rings. The molecule has 0 saturated heterocycles. The van der Waals surface area contributed by atoms with Gasteiger partial charge in [-0.05, 0) is 30.4 Å². The highest BCUT2D eigenvalue weighted by molar-refractivity contribution is 5.66. The van der Waals surface area contributed by atoms with E-state index in [4.69, 9.17) is 10.4 Å². The van der Waals surface area contributed by atoms with Gasteiger partial charge >= 0.3 is 5.97 Å². The monoisotopic (exact) mass is 296 g/mol. The van der Waals surface area contributed by atoms with Gasteiger partial charge in [-0.15, -0.1) is 0 Å². The molecule has 114 valence electrons. The molecule has 21 heavy (non-hydrogen) atoms. The molecule has 0 bridgehead atoms. The highest BCUT2D eigenvalue weighted by Gasteiger charge is 2.19. The maximum atomic E-state index is 13.6. The van der Waals surface area contributed by atoms with Crippen LogP contribution in [0.3, 0.4) is 0 Å². The van der Waals surface area contributed by atoms with E-state index >= 15 is 0 Å². The second-order valence-corrected chi connectivity index (χ2v) is 5.66. The number of rotatable bonds is 7. The number of nitrogens with one attached hydrogen (secondary N) is 1. The Hall–Kier alpha value is -2.16. The largest absolute Gasteiger partial charge is 0.481 e. The van der Waals surface area contributed by atoms with Crippen LogP contribution in [-0.4, -0.2) is 17.6 Å². The molecule has 1 aromatic carbocycles. The minimum atomic E-state index is -0.861. The Morgan fingerprint density at radius 2 is 1.90 bits per heavy atom. The second kappa shape index (κ2) is 7.02. The molecule has 0 fully saturated rings. The minimum Gasteiger partial charge on any atom is -0.481 e. The molecule has 0 aliphatic heterocycles. The van der Waals surface area contributed by atoms with Crippen molar-refractivity contribution in [1.82, 2.24) is 0 Å². The smallest absolute Gasteiger partial charge is 0.303 e. The van der Waals surface area contributed by atoms with E-state index in [0.29, 0.717) is 19.4 Å². The normalized spacial score (nSPS) is 11.0. The number of halogens is 2. The van der Waals surface area contributed by atoms with Crippen LogP contribution < -0.4 is 5.32 Å². The van der Waals surface area contributed by atoms with Gasteiger partial charge in [0.2, 0.25) is 0 Å². The van der Waals surface area contributed by atoms with E-state index in [9.17, 15) is 13.6 Å². The zero-order chi connectivity index (χ0) is 16.0. The van der Waals surface area contributed by atoms with E-state index in [0.717, 1.165) is 12.1 Å². The van der Waals surface area contributed by atoms with Gasteiger partial charge in [-0.2, -0.15) is 5.26 Å². The van der Waals surface area contributed by atoms with E-state index in [1.807, 2.05) is 13.8 Å². The predicted molar refractivity (Wildman–Crippen MR) is 74.8 cm³/mol. The maximum absolute atomic E-state index is 13.6. The van der Waals surface area contributed by atoms with Crippen molar-refractivity contribution in [3.63, 3.8) is 0 Å². The third-order valence-electron chi connectivity index (χ3n) is 3.29. The Morgan fingerprint density at radius 1 is 1.33 bits per heavy atom. The second-order valence-electron chi connectivity index (χ2n) is 5.66. The molecule has 0 saturated carbocycles. The van der Waals surface area contributed by atoms with E-state index < -0.39 is 17.6 Å². The first-order valence-corrected chi connectivity index (χ1v) is 6.60. The maximum Gasteiger partial charge on any atom is 0.303 e. The van der Waals surface area contributed by atoms with Crippen LogP contribution >= 0.6 is 0 Å². The molecule has 4 nitrogen and oxygen atoms in total. The fourth-order valence-electron chi connectivity index (χ4n) is 1.90. The summed E-state index contributed by atoms with van der Waals surface area (Å²) in [4.78, 5) is 10.5. The summed E-state index contributed by atoms with van der Waals surface area (Å²) in [6.45, 7) is 4.12. The van der Waals surface area contributed by atoms with Crippen LogP contribution in [0.5, 0.6) is 0 Å². The molecule has 0 spiro atoms. The van der Waals surface area contributed by atoms with Crippen molar-refractivity contribution in [3.05, 3.63) is 29.3 Å². The van der Waals surface area contributed by atoms with Gasteiger partial charge in [0.15, 0.2) is 11.6 Å². The number of aliphatic carboxylic acids is 1.